The Morgan fingerprint density at radius 2 is 2.26 bits per heavy atom. The van der Waals surface area contributed by atoms with Crippen LogP contribution >= 0.6 is 11.3 Å². The van der Waals surface area contributed by atoms with Crippen molar-refractivity contribution in [2.75, 3.05) is 26.8 Å². The highest BCUT2D eigenvalue weighted by Gasteiger charge is 1.98. The molecule has 0 aliphatic rings. The van der Waals surface area contributed by atoms with Crippen molar-refractivity contribution in [1.29, 1.82) is 0 Å². The first-order chi connectivity index (χ1) is 9.22. The molecule has 5 heteroatoms. The lowest BCUT2D eigenvalue weighted by Crippen LogP contribution is -2.37. The lowest BCUT2D eigenvalue weighted by atomic mass is 10.2. The Bertz CT molecular complexity index is 350. The van der Waals surface area contributed by atoms with Crippen molar-refractivity contribution in [3.8, 4) is 0 Å². The molecule has 0 saturated heterocycles. The van der Waals surface area contributed by atoms with Crippen LogP contribution in [0.15, 0.2) is 21.8 Å². The molecule has 0 bridgehead atoms. The molecule has 1 aromatic rings. The fourth-order valence-electron chi connectivity index (χ4n) is 1.50. The molecule has 0 aliphatic heterocycles. The maximum Gasteiger partial charge on any atom is 0.191 e. The third-order valence-corrected chi connectivity index (χ3v) is 3.20. The number of guanidine groups is 1. The summed E-state index contributed by atoms with van der Waals surface area (Å²) in [4.78, 5) is 4.19. The number of nitrogens with zero attached hydrogens (tertiary/aromatic N) is 1. The molecular formula is C14H25N3OS. The van der Waals surface area contributed by atoms with E-state index in [9.17, 15) is 0 Å². The number of nitrogens with one attached hydrogen (secondary N) is 2. The molecule has 0 aromatic carbocycles. The summed E-state index contributed by atoms with van der Waals surface area (Å²) in [5, 5.41) is 10.8. The summed E-state index contributed by atoms with van der Waals surface area (Å²) in [5.41, 5.74) is 1.29. The quantitative estimate of drug-likeness (QED) is 0.438. The minimum atomic E-state index is 0.605. The zero-order valence-corrected chi connectivity index (χ0v) is 12.9. The van der Waals surface area contributed by atoms with Gasteiger partial charge in [-0.3, -0.25) is 4.99 Å². The van der Waals surface area contributed by atoms with E-state index < -0.39 is 0 Å². The smallest absolute Gasteiger partial charge is 0.191 e. The molecule has 0 amide bonds. The van der Waals surface area contributed by atoms with Gasteiger partial charge in [0.2, 0.25) is 0 Å². The van der Waals surface area contributed by atoms with Crippen molar-refractivity contribution < 1.29 is 4.74 Å². The van der Waals surface area contributed by atoms with E-state index in [2.05, 4.69) is 46.3 Å². The van der Waals surface area contributed by atoms with Gasteiger partial charge in [0, 0.05) is 33.4 Å². The van der Waals surface area contributed by atoms with Gasteiger partial charge < -0.3 is 15.4 Å². The molecular weight excluding hydrogens is 258 g/mol. The van der Waals surface area contributed by atoms with Crippen LogP contribution in [0.2, 0.25) is 0 Å². The fraction of sp³-hybridized carbons (Fsp3) is 0.643. The third-order valence-electron chi connectivity index (χ3n) is 2.47. The Kier molecular flexibility index (Phi) is 8.25. The van der Waals surface area contributed by atoms with E-state index in [1.165, 1.54) is 5.56 Å². The van der Waals surface area contributed by atoms with Crippen molar-refractivity contribution in [2.45, 2.75) is 26.8 Å². The summed E-state index contributed by atoms with van der Waals surface area (Å²) >= 11 is 1.71. The van der Waals surface area contributed by atoms with Crippen LogP contribution in [-0.2, 0) is 11.3 Å². The third kappa shape index (κ3) is 7.85. The second kappa shape index (κ2) is 9.81. The first kappa shape index (κ1) is 16.0. The molecule has 0 radical (unpaired) electrons. The normalized spacial score (nSPS) is 11.9. The second-order valence-electron chi connectivity index (χ2n) is 4.81. The van der Waals surface area contributed by atoms with Crippen LogP contribution < -0.4 is 10.6 Å². The molecule has 4 nitrogen and oxygen atoms in total. The minimum Gasteiger partial charge on any atom is -0.381 e. The lowest BCUT2D eigenvalue weighted by molar-refractivity contribution is 0.108. The van der Waals surface area contributed by atoms with E-state index in [0.717, 1.165) is 38.7 Å². The Hall–Kier alpha value is -1.07. The SMILES string of the molecule is CN=C(NCCCOCC(C)C)NCc1ccsc1. The number of hydrogen-bond acceptors (Lipinski definition) is 3. The predicted octanol–water partition coefficient (Wildman–Crippen LogP) is 2.48. The maximum absolute atomic E-state index is 5.53. The largest absolute Gasteiger partial charge is 0.381 e. The zero-order chi connectivity index (χ0) is 13.9. The van der Waals surface area contributed by atoms with Gasteiger partial charge in [0.25, 0.3) is 0 Å². The van der Waals surface area contributed by atoms with E-state index in [0.29, 0.717) is 5.92 Å². The molecule has 0 aliphatic carbocycles. The number of ether oxygens (including phenoxy) is 1. The standard InChI is InChI=1S/C14H25N3OS/c1-12(2)10-18-7-4-6-16-14(15-3)17-9-13-5-8-19-11-13/h5,8,11-12H,4,6-7,9-10H2,1-3H3,(H2,15,16,17). The molecule has 2 N–H and O–H groups in total. The molecule has 0 spiro atoms. The highest BCUT2D eigenvalue weighted by molar-refractivity contribution is 7.07. The van der Waals surface area contributed by atoms with Crippen molar-refractivity contribution in [2.24, 2.45) is 10.9 Å². The maximum atomic E-state index is 5.53. The average Bonchev–Trinajstić information content (AvgIpc) is 2.90. The lowest BCUT2D eigenvalue weighted by Gasteiger charge is -2.11. The summed E-state index contributed by atoms with van der Waals surface area (Å²) < 4.78 is 5.53. The Balaban J connectivity index is 2.06. The summed E-state index contributed by atoms with van der Waals surface area (Å²) in [6.45, 7) is 7.65. The van der Waals surface area contributed by atoms with E-state index in [1.807, 2.05) is 0 Å². The topological polar surface area (TPSA) is 45.7 Å². The monoisotopic (exact) mass is 283 g/mol. The van der Waals surface area contributed by atoms with Crippen LogP contribution in [0.4, 0.5) is 0 Å². The summed E-state index contributed by atoms with van der Waals surface area (Å²) in [5.74, 6) is 1.45. The van der Waals surface area contributed by atoms with E-state index in [4.69, 9.17) is 4.74 Å². The Labute approximate surface area is 120 Å². The number of hydrogen-bond donors (Lipinski definition) is 2. The van der Waals surface area contributed by atoms with Crippen molar-refractivity contribution in [1.82, 2.24) is 10.6 Å². The summed E-state index contributed by atoms with van der Waals surface area (Å²) in [7, 11) is 1.79. The predicted molar refractivity (Wildman–Crippen MR) is 82.8 cm³/mol. The van der Waals surface area contributed by atoms with Crippen LogP contribution in [0.3, 0.4) is 0 Å². The molecule has 1 heterocycles. The van der Waals surface area contributed by atoms with Crippen LogP contribution in [0.1, 0.15) is 25.8 Å². The first-order valence-corrected chi connectivity index (χ1v) is 7.70. The van der Waals surface area contributed by atoms with Crippen LogP contribution in [-0.4, -0.2) is 32.8 Å². The van der Waals surface area contributed by atoms with Crippen molar-refractivity contribution >= 4 is 17.3 Å². The first-order valence-electron chi connectivity index (χ1n) is 6.75. The van der Waals surface area contributed by atoms with Gasteiger partial charge in [-0.1, -0.05) is 13.8 Å². The second-order valence-corrected chi connectivity index (χ2v) is 5.59. The average molecular weight is 283 g/mol. The molecule has 108 valence electrons. The van der Waals surface area contributed by atoms with Gasteiger partial charge in [-0.2, -0.15) is 11.3 Å². The molecule has 1 aromatic heterocycles. The molecule has 19 heavy (non-hydrogen) atoms. The molecule has 0 saturated carbocycles. The van der Waals surface area contributed by atoms with Gasteiger partial charge >= 0.3 is 0 Å². The van der Waals surface area contributed by atoms with E-state index in [1.54, 1.807) is 18.4 Å². The summed E-state index contributed by atoms with van der Waals surface area (Å²) in [6, 6.07) is 2.12. The van der Waals surface area contributed by atoms with Gasteiger partial charge in [0.05, 0.1) is 0 Å². The van der Waals surface area contributed by atoms with Gasteiger partial charge in [-0.15, -0.1) is 0 Å². The number of aliphatic imine (C=N–C) groups is 1. The van der Waals surface area contributed by atoms with E-state index in [-0.39, 0.29) is 0 Å². The van der Waals surface area contributed by atoms with Crippen molar-refractivity contribution in [3.05, 3.63) is 22.4 Å². The zero-order valence-electron chi connectivity index (χ0n) is 12.1. The summed E-state index contributed by atoms with van der Waals surface area (Å²) in [6.07, 6.45) is 0.992. The number of rotatable bonds is 8. The van der Waals surface area contributed by atoms with Gasteiger partial charge in [-0.05, 0) is 34.7 Å². The fourth-order valence-corrected chi connectivity index (χ4v) is 2.17. The highest BCUT2D eigenvalue weighted by atomic mass is 32.1. The van der Waals surface area contributed by atoms with E-state index >= 15 is 0 Å². The van der Waals surface area contributed by atoms with Gasteiger partial charge in [-0.25, -0.2) is 0 Å². The molecule has 1 rings (SSSR count). The van der Waals surface area contributed by atoms with Crippen LogP contribution in [0.25, 0.3) is 0 Å². The Morgan fingerprint density at radius 3 is 2.89 bits per heavy atom. The van der Waals surface area contributed by atoms with Crippen LogP contribution in [0.5, 0.6) is 0 Å². The van der Waals surface area contributed by atoms with Gasteiger partial charge in [0.15, 0.2) is 5.96 Å². The van der Waals surface area contributed by atoms with Gasteiger partial charge in [0.1, 0.15) is 0 Å². The molecule has 0 atom stereocenters. The molecule has 0 unspecified atom stereocenters. The minimum absolute atomic E-state index is 0.605. The van der Waals surface area contributed by atoms with Crippen LogP contribution in [0, 0.1) is 5.92 Å². The molecule has 0 fully saturated rings. The van der Waals surface area contributed by atoms with Crippen molar-refractivity contribution in [3.63, 3.8) is 0 Å². The highest BCUT2D eigenvalue weighted by Crippen LogP contribution is 2.04. The number of thiophene rings is 1. The Morgan fingerprint density at radius 1 is 1.42 bits per heavy atom.